The van der Waals surface area contributed by atoms with Crippen molar-refractivity contribution in [2.24, 2.45) is 5.92 Å². The lowest BCUT2D eigenvalue weighted by Crippen LogP contribution is -2.74. The lowest BCUT2D eigenvalue weighted by Gasteiger charge is -2.42. The number of carbonyl (C=O) groups excluding carboxylic acids is 1. The highest BCUT2D eigenvalue weighted by Gasteiger charge is 2.94. The Morgan fingerprint density at radius 2 is 1.38 bits per heavy atom. The first-order chi connectivity index (χ1) is 17.8. The second-order valence-corrected chi connectivity index (χ2v) is 9.77. The van der Waals surface area contributed by atoms with E-state index in [1.807, 2.05) is 0 Å². The van der Waals surface area contributed by atoms with Gasteiger partial charge in [0.25, 0.3) is 0 Å². The van der Waals surface area contributed by atoms with Crippen molar-refractivity contribution < 1.29 is 75.0 Å². The molecule has 1 aliphatic rings. The Morgan fingerprint density at radius 3 is 1.82 bits per heavy atom. The number of amides is 1. The number of hydrogen-bond acceptors (Lipinski definition) is 3. The van der Waals surface area contributed by atoms with Crippen molar-refractivity contribution in [1.82, 2.24) is 0 Å². The van der Waals surface area contributed by atoms with E-state index in [0.717, 1.165) is 5.32 Å². The number of alkyl halides is 16. The zero-order valence-electron chi connectivity index (χ0n) is 19.3. The van der Waals surface area contributed by atoms with Crippen LogP contribution in [-0.4, -0.2) is 53.8 Å². The molecule has 1 heterocycles. The summed E-state index contributed by atoms with van der Waals surface area (Å²) in [6.45, 7) is 1.75. The zero-order valence-corrected chi connectivity index (χ0v) is 20.1. The molecular formula is C20H14F16N2OS. The Balaban J connectivity index is 2.52. The highest BCUT2D eigenvalue weighted by molar-refractivity contribution is 7.16. The third-order valence-electron chi connectivity index (χ3n) is 6.23. The average molecular weight is 634 g/mol. The number of anilines is 1. The molecule has 1 aromatic heterocycles. The summed E-state index contributed by atoms with van der Waals surface area (Å²) in [5.41, 5.74) is -0.444. The first-order valence-corrected chi connectivity index (χ1v) is 11.4. The van der Waals surface area contributed by atoms with Gasteiger partial charge in [0, 0.05) is 4.88 Å². The second kappa shape index (κ2) is 10.1. The molecule has 228 valence electrons. The van der Waals surface area contributed by atoms with Crippen LogP contribution in [0.3, 0.4) is 0 Å². The van der Waals surface area contributed by atoms with E-state index in [4.69, 9.17) is 0 Å². The molecule has 0 radical (unpaired) electrons. The van der Waals surface area contributed by atoms with Crippen LogP contribution < -0.4 is 5.32 Å². The highest BCUT2D eigenvalue weighted by atomic mass is 32.1. The van der Waals surface area contributed by atoms with Crippen molar-refractivity contribution in [3.63, 3.8) is 0 Å². The van der Waals surface area contributed by atoms with Crippen molar-refractivity contribution in [3.05, 3.63) is 16.0 Å². The molecule has 3 nitrogen and oxygen atoms in total. The first kappa shape index (κ1) is 33.7. The van der Waals surface area contributed by atoms with E-state index in [1.54, 1.807) is 6.92 Å². The van der Waals surface area contributed by atoms with E-state index in [0.29, 0.717) is 24.2 Å². The van der Waals surface area contributed by atoms with Gasteiger partial charge in [0.1, 0.15) is 11.1 Å². The maximum Gasteiger partial charge on any atom is 0.393 e. The minimum Gasteiger partial charge on any atom is -0.311 e. The van der Waals surface area contributed by atoms with Gasteiger partial charge in [0.15, 0.2) is 0 Å². The fraction of sp³-hybridized carbons (Fsp3) is 0.700. The van der Waals surface area contributed by atoms with Crippen LogP contribution in [0.15, 0.2) is 0 Å². The Labute approximate surface area is 217 Å². The predicted octanol–water partition coefficient (Wildman–Crippen LogP) is 7.79. The number of thiophene rings is 1. The molecular weight excluding hydrogens is 620 g/mol. The van der Waals surface area contributed by atoms with Gasteiger partial charge in [-0.25, -0.2) is 8.78 Å². The molecule has 1 aromatic rings. The van der Waals surface area contributed by atoms with Crippen LogP contribution in [0.2, 0.25) is 0 Å². The van der Waals surface area contributed by atoms with Crippen LogP contribution >= 0.6 is 11.3 Å². The van der Waals surface area contributed by atoms with E-state index in [-0.39, 0.29) is 29.2 Å². The van der Waals surface area contributed by atoms with Crippen molar-refractivity contribution in [2.75, 3.05) is 5.32 Å². The molecule has 0 saturated carbocycles. The monoisotopic (exact) mass is 634 g/mol. The van der Waals surface area contributed by atoms with Crippen molar-refractivity contribution in [2.45, 2.75) is 80.5 Å². The number of carbonyl (C=O) groups is 1. The third-order valence-corrected chi connectivity index (χ3v) is 7.40. The molecule has 1 atom stereocenters. The first-order valence-electron chi connectivity index (χ1n) is 10.6. The third kappa shape index (κ3) is 4.55. The second-order valence-electron chi connectivity index (χ2n) is 8.66. The summed E-state index contributed by atoms with van der Waals surface area (Å²) in [5, 5.41) is 9.22. The van der Waals surface area contributed by atoms with E-state index in [9.17, 15) is 80.3 Å². The zero-order chi connectivity index (χ0) is 31.5. The number of halogens is 16. The Hall–Kier alpha value is -2.46. The van der Waals surface area contributed by atoms with Crippen molar-refractivity contribution >= 4 is 22.2 Å². The number of fused-ring (bicyclic) bond motifs is 1. The number of nitrogens with one attached hydrogen (secondary N) is 1. The van der Waals surface area contributed by atoms with Gasteiger partial charge in [-0.2, -0.15) is 66.7 Å². The predicted molar refractivity (Wildman–Crippen MR) is 104 cm³/mol. The molecule has 40 heavy (non-hydrogen) atoms. The molecule has 1 aliphatic carbocycles. The van der Waals surface area contributed by atoms with Crippen LogP contribution in [0.1, 0.15) is 35.8 Å². The van der Waals surface area contributed by atoms with Crippen LogP contribution in [0.25, 0.3) is 0 Å². The van der Waals surface area contributed by atoms with Gasteiger partial charge in [-0.05, 0) is 30.7 Å². The molecule has 1 N–H and O–H groups in total. The van der Waals surface area contributed by atoms with Gasteiger partial charge in [-0.15, -0.1) is 11.3 Å². The summed E-state index contributed by atoms with van der Waals surface area (Å²) in [4.78, 5) is 12.2. The van der Waals surface area contributed by atoms with Gasteiger partial charge in [0.2, 0.25) is 0 Å². The van der Waals surface area contributed by atoms with Crippen molar-refractivity contribution in [3.8, 4) is 6.07 Å². The molecule has 0 spiro atoms. The molecule has 0 saturated heterocycles. The molecule has 0 fully saturated rings. The number of nitriles is 1. The Kier molecular flexibility index (Phi) is 8.54. The number of hydrogen-bond donors (Lipinski definition) is 1. The summed E-state index contributed by atoms with van der Waals surface area (Å²) >= 11 is 0.345. The molecule has 0 aliphatic heterocycles. The largest absolute Gasteiger partial charge is 0.393 e. The Morgan fingerprint density at radius 1 is 0.900 bits per heavy atom. The minimum atomic E-state index is -8.59. The molecule has 2 rings (SSSR count). The highest BCUT2D eigenvalue weighted by Crippen LogP contribution is 2.63. The van der Waals surface area contributed by atoms with E-state index < -0.39 is 64.4 Å². The SMILES string of the molecule is CCC1CCc2c(sc(NC(=O)C(F)(F)C(F)(F)C(F)(F)C(F)(F)C(F)(F)C(F)(F)C(F)(F)C(F)F)c2C#N)C1. The normalized spacial score (nSPS) is 18.0. The lowest BCUT2D eigenvalue weighted by molar-refractivity contribution is -0.443. The summed E-state index contributed by atoms with van der Waals surface area (Å²) < 4.78 is 216. The van der Waals surface area contributed by atoms with Crippen LogP contribution in [-0.2, 0) is 17.6 Å². The van der Waals surface area contributed by atoms with E-state index >= 15 is 0 Å². The van der Waals surface area contributed by atoms with Gasteiger partial charge >= 0.3 is 53.8 Å². The number of nitrogens with zero attached hydrogens (tertiary/aromatic N) is 1. The van der Waals surface area contributed by atoms with Gasteiger partial charge in [-0.3, -0.25) is 4.79 Å². The molecule has 1 amide bonds. The lowest BCUT2D eigenvalue weighted by atomic mass is 9.86. The molecule has 20 heteroatoms. The standard InChI is InChI=1S/C20H14F16N2OS/c1-2-7-3-4-8-9(6-37)11(40-10(8)5-7)38-13(39)15(25,26)17(29,30)19(33,34)20(35,36)18(31,32)16(27,28)14(23,24)12(21)22/h7,12H,2-5H2,1H3,(H,38,39). The topological polar surface area (TPSA) is 52.9 Å². The molecule has 0 aromatic carbocycles. The summed E-state index contributed by atoms with van der Waals surface area (Å²) in [6, 6.07) is 1.43. The molecule has 0 bridgehead atoms. The summed E-state index contributed by atoms with van der Waals surface area (Å²) in [6.07, 6.45) is -4.59. The van der Waals surface area contributed by atoms with Gasteiger partial charge < -0.3 is 5.32 Å². The van der Waals surface area contributed by atoms with Gasteiger partial charge in [0.05, 0.1) is 5.56 Å². The quantitative estimate of drug-likeness (QED) is 0.268. The number of rotatable bonds is 10. The fourth-order valence-electron chi connectivity index (χ4n) is 3.67. The average Bonchev–Trinajstić information content (AvgIpc) is 3.18. The minimum absolute atomic E-state index is 0.00909. The van der Waals surface area contributed by atoms with Crippen LogP contribution in [0.5, 0.6) is 0 Å². The summed E-state index contributed by atoms with van der Waals surface area (Å²) in [7, 11) is 0. The van der Waals surface area contributed by atoms with Crippen LogP contribution in [0, 0.1) is 17.2 Å². The fourth-order valence-corrected chi connectivity index (χ4v) is 4.98. The maximum atomic E-state index is 14.2. The smallest absolute Gasteiger partial charge is 0.311 e. The Bertz CT molecular complexity index is 1170. The van der Waals surface area contributed by atoms with E-state index in [1.165, 1.54) is 6.07 Å². The maximum absolute atomic E-state index is 14.2. The van der Waals surface area contributed by atoms with E-state index in [2.05, 4.69) is 0 Å². The summed E-state index contributed by atoms with van der Waals surface area (Å²) in [5.74, 6) is -60.1. The molecule has 1 unspecified atom stereocenters. The van der Waals surface area contributed by atoms with Crippen LogP contribution in [0.4, 0.5) is 75.2 Å². The van der Waals surface area contributed by atoms with Crippen molar-refractivity contribution in [1.29, 1.82) is 5.26 Å². The van der Waals surface area contributed by atoms with Gasteiger partial charge in [-0.1, -0.05) is 13.3 Å².